The molecule has 0 saturated carbocycles. The molecular weight excluding hydrogens is 340 g/mol. The van der Waals surface area contributed by atoms with E-state index < -0.39 is 11.8 Å². The fourth-order valence-corrected chi connectivity index (χ4v) is 4.16. The van der Waals surface area contributed by atoms with Crippen molar-refractivity contribution in [3.8, 4) is 11.5 Å². The fourth-order valence-electron chi connectivity index (χ4n) is 4.16. The smallest absolute Gasteiger partial charge is 0.251 e. The van der Waals surface area contributed by atoms with Crippen molar-refractivity contribution in [1.82, 2.24) is 4.90 Å². The Kier molecular flexibility index (Phi) is 3.66. The Morgan fingerprint density at radius 2 is 1.73 bits per heavy atom. The molecule has 0 radical (unpaired) electrons. The number of benzene rings is 1. The van der Waals surface area contributed by atoms with Gasteiger partial charge in [0.15, 0.2) is 17.3 Å². The Bertz CT molecular complexity index is 750. The SMILES string of the molecule is O=C1C[C@@H](N2CCC3(CC2)OCCO3)C(=O)N1c1ccc2c(c1)OCO2. The minimum atomic E-state index is -0.487. The number of nitrogens with zero attached hydrogens (tertiary/aromatic N) is 2. The maximum Gasteiger partial charge on any atom is 0.251 e. The quantitative estimate of drug-likeness (QED) is 0.725. The highest BCUT2D eigenvalue weighted by Gasteiger charge is 2.47. The first-order valence-corrected chi connectivity index (χ1v) is 8.94. The van der Waals surface area contributed by atoms with Crippen molar-refractivity contribution in [1.29, 1.82) is 0 Å². The first kappa shape index (κ1) is 16.0. The lowest BCUT2D eigenvalue weighted by atomic mass is 10.0. The van der Waals surface area contributed by atoms with E-state index in [-0.39, 0.29) is 25.0 Å². The summed E-state index contributed by atoms with van der Waals surface area (Å²) in [4.78, 5) is 28.8. The number of anilines is 1. The van der Waals surface area contributed by atoms with Crippen molar-refractivity contribution in [3.05, 3.63) is 18.2 Å². The molecule has 0 unspecified atom stereocenters. The van der Waals surface area contributed by atoms with Gasteiger partial charge in [-0.1, -0.05) is 0 Å². The van der Waals surface area contributed by atoms with Crippen molar-refractivity contribution < 1.29 is 28.5 Å². The van der Waals surface area contributed by atoms with E-state index in [2.05, 4.69) is 4.90 Å². The van der Waals surface area contributed by atoms with Gasteiger partial charge in [0.05, 0.1) is 31.4 Å². The number of hydrogen-bond acceptors (Lipinski definition) is 7. The predicted octanol–water partition coefficient (Wildman–Crippen LogP) is 0.886. The summed E-state index contributed by atoms with van der Waals surface area (Å²) in [6, 6.07) is 4.71. The molecule has 1 aromatic carbocycles. The zero-order chi connectivity index (χ0) is 17.7. The highest BCUT2D eigenvalue weighted by Crippen LogP contribution is 2.38. The fraction of sp³-hybridized carbons (Fsp3) is 0.556. The van der Waals surface area contributed by atoms with Gasteiger partial charge in [-0.05, 0) is 12.1 Å². The molecule has 3 fully saturated rings. The van der Waals surface area contributed by atoms with E-state index in [1.165, 1.54) is 4.90 Å². The van der Waals surface area contributed by atoms with Gasteiger partial charge in [-0.3, -0.25) is 14.5 Å². The summed E-state index contributed by atoms with van der Waals surface area (Å²) >= 11 is 0. The molecule has 8 heteroatoms. The van der Waals surface area contributed by atoms with Crippen LogP contribution in [0.1, 0.15) is 19.3 Å². The number of carbonyl (C=O) groups excluding carboxylic acids is 2. The molecule has 4 heterocycles. The topological polar surface area (TPSA) is 77.5 Å². The Morgan fingerprint density at radius 1 is 1.00 bits per heavy atom. The Balaban J connectivity index is 1.32. The number of piperidine rings is 1. The highest BCUT2D eigenvalue weighted by molar-refractivity contribution is 6.22. The zero-order valence-electron chi connectivity index (χ0n) is 14.3. The summed E-state index contributed by atoms with van der Waals surface area (Å²) in [5.74, 6) is 0.328. The molecule has 2 amide bonds. The van der Waals surface area contributed by atoms with Crippen molar-refractivity contribution in [2.45, 2.75) is 31.1 Å². The number of imide groups is 1. The average Bonchev–Trinajstić information content (AvgIpc) is 3.35. The van der Waals surface area contributed by atoms with Crippen molar-refractivity contribution in [2.75, 3.05) is 38.0 Å². The summed E-state index contributed by atoms with van der Waals surface area (Å²) in [6.45, 7) is 2.76. The van der Waals surface area contributed by atoms with E-state index in [0.29, 0.717) is 43.5 Å². The maximum atomic E-state index is 13.0. The second kappa shape index (κ2) is 5.94. The number of carbonyl (C=O) groups is 2. The molecular formula is C18H20N2O6. The van der Waals surface area contributed by atoms with Gasteiger partial charge in [0.2, 0.25) is 12.7 Å². The van der Waals surface area contributed by atoms with E-state index in [4.69, 9.17) is 18.9 Å². The lowest BCUT2D eigenvalue weighted by Crippen LogP contribution is -2.51. The summed E-state index contributed by atoms with van der Waals surface area (Å²) in [6.07, 6.45) is 1.63. The summed E-state index contributed by atoms with van der Waals surface area (Å²) in [7, 11) is 0. The van der Waals surface area contributed by atoms with Crippen LogP contribution in [0.25, 0.3) is 0 Å². The first-order chi connectivity index (χ1) is 12.7. The molecule has 0 bridgehead atoms. The van der Waals surface area contributed by atoms with Crippen LogP contribution in [0.4, 0.5) is 5.69 Å². The van der Waals surface area contributed by atoms with Gasteiger partial charge in [0, 0.05) is 32.0 Å². The summed E-state index contributed by atoms with van der Waals surface area (Å²) in [5.41, 5.74) is 0.530. The van der Waals surface area contributed by atoms with Crippen LogP contribution in [0.15, 0.2) is 18.2 Å². The van der Waals surface area contributed by atoms with E-state index in [1.54, 1.807) is 18.2 Å². The van der Waals surface area contributed by atoms with Crippen LogP contribution in [0.2, 0.25) is 0 Å². The standard InChI is InChI=1S/C18H20N2O6/c21-16-10-13(19-5-3-18(4-6-19)25-7-8-26-18)17(22)20(16)12-1-2-14-15(9-12)24-11-23-14/h1-2,9,13H,3-8,10-11H2/t13-/m1/s1. The van der Waals surface area contributed by atoms with Gasteiger partial charge in [-0.2, -0.15) is 0 Å². The second-order valence-corrected chi connectivity index (χ2v) is 6.97. The number of ether oxygens (including phenoxy) is 4. The van der Waals surface area contributed by atoms with Crippen LogP contribution < -0.4 is 14.4 Å². The maximum absolute atomic E-state index is 13.0. The molecule has 1 aromatic rings. The highest BCUT2D eigenvalue weighted by atomic mass is 16.7. The number of amides is 2. The third kappa shape index (κ3) is 2.48. The predicted molar refractivity (Wildman–Crippen MR) is 88.9 cm³/mol. The molecule has 1 spiro atoms. The van der Waals surface area contributed by atoms with Crippen molar-refractivity contribution in [3.63, 3.8) is 0 Å². The van der Waals surface area contributed by atoms with E-state index in [9.17, 15) is 9.59 Å². The van der Waals surface area contributed by atoms with Gasteiger partial charge >= 0.3 is 0 Å². The molecule has 0 aliphatic carbocycles. The van der Waals surface area contributed by atoms with Gasteiger partial charge in [-0.15, -0.1) is 0 Å². The average molecular weight is 360 g/mol. The molecule has 5 rings (SSSR count). The second-order valence-electron chi connectivity index (χ2n) is 6.97. The molecule has 0 N–H and O–H groups in total. The largest absolute Gasteiger partial charge is 0.454 e. The van der Waals surface area contributed by atoms with Crippen molar-refractivity contribution in [2.24, 2.45) is 0 Å². The third-order valence-electron chi connectivity index (χ3n) is 5.55. The lowest BCUT2D eigenvalue weighted by molar-refractivity contribution is -0.188. The molecule has 138 valence electrons. The number of likely N-dealkylation sites (tertiary alicyclic amines) is 1. The van der Waals surface area contributed by atoms with E-state index in [1.807, 2.05) is 0 Å². The summed E-state index contributed by atoms with van der Waals surface area (Å²) < 4.78 is 22.1. The monoisotopic (exact) mass is 360 g/mol. The Hall–Kier alpha value is -2.16. The molecule has 4 aliphatic rings. The zero-order valence-corrected chi connectivity index (χ0v) is 14.3. The van der Waals surface area contributed by atoms with Crippen LogP contribution in [-0.4, -0.2) is 61.6 Å². The number of fused-ring (bicyclic) bond motifs is 1. The minimum absolute atomic E-state index is 0.156. The van der Waals surface area contributed by atoms with Gasteiger partial charge in [0.1, 0.15) is 0 Å². The van der Waals surface area contributed by atoms with Crippen LogP contribution in [0, 0.1) is 0 Å². The molecule has 4 aliphatic heterocycles. The van der Waals surface area contributed by atoms with Crippen LogP contribution in [0.5, 0.6) is 11.5 Å². The van der Waals surface area contributed by atoms with Crippen LogP contribution in [-0.2, 0) is 19.1 Å². The Labute approximate surface area is 150 Å². The van der Waals surface area contributed by atoms with Gasteiger partial charge < -0.3 is 18.9 Å². The first-order valence-electron chi connectivity index (χ1n) is 8.94. The van der Waals surface area contributed by atoms with E-state index in [0.717, 1.165) is 12.8 Å². The normalized spacial score (nSPS) is 27.7. The molecule has 8 nitrogen and oxygen atoms in total. The number of rotatable bonds is 2. The molecule has 3 saturated heterocycles. The van der Waals surface area contributed by atoms with Gasteiger partial charge in [-0.25, -0.2) is 4.90 Å². The van der Waals surface area contributed by atoms with Crippen LogP contribution in [0.3, 0.4) is 0 Å². The van der Waals surface area contributed by atoms with Gasteiger partial charge in [0.25, 0.3) is 5.91 Å². The molecule has 0 aromatic heterocycles. The minimum Gasteiger partial charge on any atom is -0.454 e. The molecule has 1 atom stereocenters. The van der Waals surface area contributed by atoms with E-state index >= 15 is 0 Å². The number of hydrogen-bond donors (Lipinski definition) is 0. The molecule has 26 heavy (non-hydrogen) atoms. The van der Waals surface area contributed by atoms with Crippen molar-refractivity contribution >= 4 is 17.5 Å². The third-order valence-corrected chi connectivity index (χ3v) is 5.55. The lowest BCUT2D eigenvalue weighted by Gasteiger charge is -2.39. The Morgan fingerprint density at radius 3 is 2.50 bits per heavy atom. The summed E-state index contributed by atoms with van der Waals surface area (Å²) in [5, 5.41) is 0. The van der Waals surface area contributed by atoms with Crippen LogP contribution >= 0.6 is 0 Å².